The van der Waals surface area contributed by atoms with Crippen molar-refractivity contribution in [1.29, 1.82) is 0 Å². The first-order chi connectivity index (χ1) is 23.4. The number of carbonyl (C=O) groups excluding carboxylic acids is 3. The van der Waals surface area contributed by atoms with E-state index >= 15 is 0 Å². The number of fused-ring (bicyclic) bond motifs is 2. The average molecular weight is 667 g/mol. The summed E-state index contributed by atoms with van der Waals surface area (Å²) in [4.78, 5) is 42.1. The molecule has 4 aliphatic rings. The minimum absolute atomic E-state index is 0.0300. The maximum atomic E-state index is 14.2. The number of anilines is 1. The lowest BCUT2D eigenvalue weighted by molar-refractivity contribution is -0.136. The van der Waals surface area contributed by atoms with Gasteiger partial charge in [0.15, 0.2) is 12.1 Å². The summed E-state index contributed by atoms with van der Waals surface area (Å²) in [7, 11) is 0. The molecule has 1 aliphatic carbocycles. The molecular formula is C36H35ClN6O5. The molecular weight excluding hydrogens is 632 g/mol. The smallest absolute Gasteiger partial charge is 0.264 e. The predicted octanol–water partition coefficient (Wildman–Crippen LogP) is 6.25. The van der Waals surface area contributed by atoms with Gasteiger partial charge in [-0.2, -0.15) is 10.2 Å². The van der Waals surface area contributed by atoms with Gasteiger partial charge in [-0.1, -0.05) is 41.1 Å². The molecule has 3 aromatic carbocycles. The quantitative estimate of drug-likeness (QED) is 0.249. The second-order valence-electron chi connectivity index (χ2n) is 12.0. The Balaban J connectivity index is 1.18. The van der Waals surface area contributed by atoms with Crippen molar-refractivity contribution in [3.8, 4) is 11.5 Å². The summed E-state index contributed by atoms with van der Waals surface area (Å²) < 4.78 is 11.3. The number of halogens is 1. The summed E-state index contributed by atoms with van der Waals surface area (Å²) in [5.41, 5.74) is 4.31. The highest BCUT2D eigenvalue weighted by Crippen LogP contribution is 2.45. The molecule has 3 amide bonds. The van der Waals surface area contributed by atoms with Crippen LogP contribution in [0, 0.1) is 5.92 Å². The van der Waals surface area contributed by atoms with E-state index in [4.69, 9.17) is 26.2 Å². The molecule has 1 saturated carbocycles. The number of allylic oxidation sites excluding steroid dienone is 1. The number of imide groups is 1. The van der Waals surface area contributed by atoms with Gasteiger partial charge in [0.05, 0.1) is 30.7 Å². The lowest BCUT2D eigenvalue weighted by Gasteiger charge is -2.30. The Bertz CT molecular complexity index is 1810. The highest BCUT2D eigenvalue weighted by atomic mass is 35.5. The molecule has 0 radical (unpaired) electrons. The van der Waals surface area contributed by atoms with Crippen LogP contribution in [-0.4, -0.2) is 65.3 Å². The minimum Gasteiger partial charge on any atom is -0.494 e. The molecule has 2 fully saturated rings. The number of benzene rings is 3. The summed E-state index contributed by atoms with van der Waals surface area (Å²) >= 11 is 6.02. The molecule has 0 N–H and O–H groups in total. The van der Waals surface area contributed by atoms with Crippen molar-refractivity contribution in [2.75, 3.05) is 24.7 Å². The number of hydrogen-bond donors (Lipinski definition) is 0. The molecule has 12 heteroatoms. The Kier molecular flexibility index (Phi) is 8.70. The van der Waals surface area contributed by atoms with Crippen LogP contribution < -0.4 is 14.4 Å². The highest BCUT2D eigenvalue weighted by Gasteiger charge is 2.55. The summed E-state index contributed by atoms with van der Waals surface area (Å²) in [6.07, 6.45) is 4.78. The SMILES string of the molecule is CCOc1ccc(/C=C2\CCC[C@@H]3C2=NN(C(=O)CN2N=N[C@@H]4C(=O)N(c5ccc(Cl)cc5)C(=O)[C@@H]42)[C@H]3c2ccc(OCC)cc2)cc1. The van der Waals surface area contributed by atoms with Crippen LogP contribution in [0.4, 0.5) is 5.69 Å². The largest absolute Gasteiger partial charge is 0.494 e. The number of carbonyl (C=O) groups is 3. The fourth-order valence-corrected chi connectivity index (χ4v) is 7.03. The van der Waals surface area contributed by atoms with Crippen LogP contribution in [0.25, 0.3) is 6.08 Å². The van der Waals surface area contributed by atoms with Crippen LogP contribution in [0.3, 0.4) is 0 Å². The van der Waals surface area contributed by atoms with E-state index in [1.807, 2.05) is 62.4 Å². The molecule has 0 spiro atoms. The van der Waals surface area contributed by atoms with Crippen molar-refractivity contribution in [2.45, 2.75) is 51.2 Å². The Labute approximate surface area is 283 Å². The standard InChI is InChI=1S/C36H35ClN6O5/c1-3-47-27-16-8-22(9-17-27)20-24-6-5-7-29-31(24)39-43(33(29)23-10-18-28(19-11-23)48-4-2)30(44)21-41-34-32(38-40-41)35(45)42(36(34)46)26-14-12-25(37)13-15-26/h8-20,29,32-34H,3-7,21H2,1-2H3/b24-20+/t29-,32+,33+,34-/m1/s1. The normalized spacial score (nSPS) is 23.9. The number of amides is 3. The van der Waals surface area contributed by atoms with Crippen LogP contribution in [0.2, 0.25) is 5.02 Å². The van der Waals surface area contributed by atoms with Crippen molar-refractivity contribution in [3.63, 3.8) is 0 Å². The summed E-state index contributed by atoms with van der Waals surface area (Å²) in [6, 6.07) is 19.7. The van der Waals surface area contributed by atoms with Crippen molar-refractivity contribution < 1.29 is 23.9 Å². The van der Waals surface area contributed by atoms with E-state index < -0.39 is 23.9 Å². The topological polar surface area (TPSA) is 116 Å². The summed E-state index contributed by atoms with van der Waals surface area (Å²) in [5, 5.41) is 16.6. The minimum atomic E-state index is -1.03. The molecule has 4 atom stereocenters. The zero-order valence-electron chi connectivity index (χ0n) is 26.7. The first kappa shape index (κ1) is 31.6. The highest BCUT2D eigenvalue weighted by molar-refractivity contribution is 6.31. The average Bonchev–Trinajstić information content (AvgIpc) is 3.76. The maximum absolute atomic E-state index is 14.2. The van der Waals surface area contributed by atoms with Gasteiger partial charge in [0, 0.05) is 10.9 Å². The molecule has 3 aliphatic heterocycles. The van der Waals surface area contributed by atoms with Crippen molar-refractivity contribution in [1.82, 2.24) is 10.0 Å². The van der Waals surface area contributed by atoms with Gasteiger partial charge in [0.1, 0.15) is 18.0 Å². The van der Waals surface area contributed by atoms with Gasteiger partial charge in [0.2, 0.25) is 0 Å². The number of ether oxygens (including phenoxy) is 2. The molecule has 0 aromatic heterocycles. The number of nitrogens with zero attached hydrogens (tertiary/aromatic N) is 6. The van der Waals surface area contributed by atoms with E-state index in [1.165, 1.54) is 10.0 Å². The van der Waals surface area contributed by atoms with Gasteiger partial charge in [-0.05, 0) is 104 Å². The van der Waals surface area contributed by atoms with Gasteiger partial charge < -0.3 is 9.47 Å². The number of hydrogen-bond acceptors (Lipinski definition) is 9. The van der Waals surface area contributed by atoms with Gasteiger partial charge >= 0.3 is 0 Å². The molecule has 0 unspecified atom stereocenters. The fraction of sp³-hybridized carbons (Fsp3) is 0.333. The zero-order valence-corrected chi connectivity index (χ0v) is 27.4. The van der Waals surface area contributed by atoms with Gasteiger partial charge in [-0.15, -0.1) is 0 Å². The first-order valence-corrected chi connectivity index (χ1v) is 16.6. The van der Waals surface area contributed by atoms with Gasteiger partial charge in [-0.3, -0.25) is 19.4 Å². The predicted molar refractivity (Wildman–Crippen MR) is 181 cm³/mol. The Morgan fingerprint density at radius 2 is 1.56 bits per heavy atom. The fourth-order valence-electron chi connectivity index (χ4n) is 6.91. The van der Waals surface area contributed by atoms with E-state index in [9.17, 15) is 14.4 Å². The third-order valence-corrected chi connectivity index (χ3v) is 9.31. The van der Waals surface area contributed by atoms with E-state index in [2.05, 4.69) is 16.4 Å². The molecule has 11 nitrogen and oxygen atoms in total. The Morgan fingerprint density at radius 1 is 0.896 bits per heavy atom. The first-order valence-electron chi connectivity index (χ1n) is 16.2. The van der Waals surface area contributed by atoms with Crippen molar-refractivity contribution in [2.24, 2.45) is 21.4 Å². The van der Waals surface area contributed by atoms with Crippen LogP contribution in [0.1, 0.15) is 50.3 Å². The van der Waals surface area contributed by atoms with E-state index in [-0.39, 0.29) is 24.4 Å². The van der Waals surface area contributed by atoms with Crippen molar-refractivity contribution >= 4 is 46.8 Å². The molecule has 48 heavy (non-hydrogen) atoms. The Hall–Kier alpha value is -5.03. The molecule has 3 heterocycles. The molecule has 246 valence electrons. The number of rotatable bonds is 9. The van der Waals surface area contributed by atoms with Gasteiger partial charge in [0.25, 0.3) is 17.7 Å². The monoisotopic (exact) mass is 666 g/mol. The molecule has 3 aromatic rings. The summed E-state index contributed by atoms with van der Waals surface area (Å²) in [5.74, 6) is 0.200. The lowest BCUT2D eigenvalue weighted by Crippen LogP contribution is -2.45. The Morgan fingerprint density at radius 3 is 2.23 bits per heavy atom. The molecule has 7 rings (SSSR count). The van der Waals surface area contributed by atoms with Crippen LogP contribution in [0.15, 0.2) is 93.8 Å². The number of hydrazone groups is 1. The molecule has 0 bridgehead atoms. The third kappa shape index (κ3) is 5.83. The second kappa shape index (κ2) is 13.2. The van der Waals surface area contributed by atoms with E-state index in [1.54, 1.807) is 24.3 Å². The second-order valence-corrected chi connectivity index (χ2v) is 12.5. The van der Waals surface area contributed by atoms with E-state index in [0.717, 1.165) is 58.1 Å². The maximum Gasteiger partial charge on any atom is 0.264 e. The van der Waals surface area contributed by atoms with Crippen LogP contribution >= 0.6 is 11.6 Å². The van der Waals surface area contributed by atoms with Crippen LogP contribution in [-0.2, 0) is 14.4 Å². The zero-order chi connectivity index (χ0) is 33.4. The third-order valence-electron chi connectivity index (χ3n) is 9.06. The lowest BCUT2D eigenvalue weighted by atomic mass is 9.77. The molecule has 1 saturated heterocycles. The van der Waals surface area contributed by atoms with Crippen molar-refractivity contribution in [3.05, 3.63) is 94.5 Å². The van der Waals surface area contributed by atoms with Crippen LogP contribution in [0.5, 0.6) is 11.5 Å². The summed E-state index contributed by atoms with van der Waals surface area (Å²) in [6.45, 7) is 4.76. The van der Waals surface area contributed by atoms with Gasteiger partial charge in [-0.25, -0.2) is 9.91 Å². The van der Waals surface area contributed by atoms with E-state index in [0.29, 0.717) is 23.9 Å².